The lowest BCUT2D eigenvalue weighted by Gasteiger charge is -2.09. The van der Waals surface area contributed by atoms with E-state index in [0.717, 1.165) is 12.1 Å². The summed E-state index contributed by atoms with van der Waals surface area (Å²) in [6.07, 6.45) is 0. The van der Waals surface area contributed by atoms with Gasteiger partial charge in [-0.2, -0.15) is 0 Å². The number of ether oxygens (including phenoxy) is 1. The molecule has 1 amide bonds. The number of nitro groups is 1. The smallest absolute Gasteiger partial charge is 0.342 e. The average molecular weight is 346 g/mol. The summed E-state index contributed by atoms with van der Waals surface area (Å²) in [7, 11) is 0. The van der Waals surface area contributed by atoms with Gasteiger partial charge in [-0.05, 0) is 31.5 Å². The molecule has 0 radical (unpaired) electrons. The van der Waals surface area contributed by atoms with Gasteiger partial charge in [-0.25, -0.2) is 9.59 Å². The molecule has 0 aliphatic rings. The number of nitro benzene ring substituents is 1. The summed E-state index contributed by atoms with van der Waals surface area (Å²) >= 11 is 0. The minimum Gasteiger partial charge on any atom is -0.457 e. The number of hydrogen-bond acceptors (Lipinski definition) is 7. The van der Waals surface area contributed by atoms with Gasteiger partial charge in [0.25, 0.3) is 5.69 Å². The molecule has 9 heteroatoms. The molecule has 2 rings (SSSR count). The minimum absolute atomic E-state index is 0.0294. The topological polar surface area (TPSA) is 143 Å². The molecule has 1 aromatic heterocycles. The monoisotopic (exact) mass is 346 g/mol. The van der Waals surface area contributed by atoms with E-state index in [-0.39, 0.29) is 22.5 Å². The van der Waals surface area contributed by atoms with Gasteiger partial charge in [0.2, 0.25) is 5.91 Å². The van der Waals surface area contributed by atoms with Gasteiger partial charge in [0.05, 0.1) is 10.5 Å². The van der Waals surface area contributed by atoms with Crippen LogP contribution in [0.25, 0.3) is 0 Å². The van der Waals surface area contributed by atoms with Crippen molar-refractivity contribution in [1.29, 1.82) is 0 Å². The van der Waals surface area contributed by atoms with E-state index in [4.69, 9.17) is 14.9 Å². The van der Waals surface area contributed by atoms with Crippen LogP contribution in [0.1, 0.15) is 37.6 Å². The lowest BCUT2D eigenvalue weighted by atomic mass is 10.1. The number of benzene rings is 1. The Labute approximate surface area is 141 Å². The van der Waals surface area contributed by atoms with Crippen LogP contribution in [0.5, 0.6) is 0 Å². The van der Waals surface area contributed by atoms with Gasteiger partial charge in [0.15, 0.2) is 0 Å². The van der Waals surface area contributed by atoms with Crippen LogP contribution < -0.4 is 11.4 Å². The molecular formula is C16H14N2O7. The second-order valence-corrected chi connectivity index (χ2v) is 5.22. The molecular weight excluding hydrogens is 332 g/mol. The van der Waals surface area contributed by atoms with Crippen molar-refractivity contribution in [3.63, 3.8) is 0 Å². The van der Waals surface area contributed by atoms with Gasteiger partial charge in [-0.3, -0.25) is 14.9 Å². The molecule has 0 bridgehead atoms. The molecule has 2 aromatic rings. The standard InChI is InChI=1S/C16H14N2O7/c1-8-5-13(19)25-9(2)14(8)16(21)24-7-11-4-3-10(15(17)20)6-12(11)18(22)23/h3-6H,7H2,1-2H3,(H2,17,20). The molecule has 0 atom stereocenters. The first kappa shape index (κ1) is 17.9. The predicted octanol–water partition coefficient (Wildman–Crippen LogP) is 1.62. The molecule has 130 valence electrons. The average Bonchev–Trinajstić information content (AvgIpc) is 2.51. The zero-order chi connectivity index (χ0) is 18.7. The van der Waals surface area contributed by atoms with Gasteiger partial charge in [0, 0.05) is 17.7 Å². The van der Waals surface area contributed by atoms with Crippen molar-refractivity contribution in [2.45, 2.75) is 20.5 Å². The van der Waals surface area contributed by atoms with Crippen LogP contribution >= 0.6 is 0 Å². The van der Waals surface area contributed by atoms with Crippen molar-refractivity contribution >= 4 is 17.6 Å². The van der Waals surface area contributed by atoms with Crippen LogP contribution in [0.4, 0.5) is 5.69 Å². The molecule has 0 fully saturated rings. The number of carbonyl (C=O) groups is 2. The first-order valence-corrected chi connectivity index (χ1v) is 7.06. The van der Waals surface area contributed by atoms with Gasteiger partial charge in [-0.15, -0.1) is 0 Å². The number of nitrogens with two attached hydrogens (primary N) is 1. The summed E-state index contributed by atoms with van der Waals surface area (Å²) in [5.41, 5.74) is 4.63. The van der Waals surface area contributed by atoms with Gasteiger partial charge in [0.1, 0.15) is 17.9 Å². The Morgan fingerprint density at radius 3 is 2.52 bits per heavy atom. The second kappa shape index (κ2) is 6.95. The lowest BCUT2D eigenvalue weighted by molar-refractivity contribution is -0.385. The minimum atomic E-state index is -0.808. The van der Waals surface area contributed by atoms with E-state index < -0.39 is 34.7 Å². The van der Waals surface area contributed by atoms with E-state index in [2.05, 4.69) is 0 Å². The molecule has 1 aromatic carbocycles. The maximum Gasteiger partial charge on any atom is 0.342 e. The summed E-state index contributed by atoms with van der Waals surface area (Å²) in [6.45, 7) is 2.59. The molecule has 0 spiro atoms. The molecule has 0 saturated carbocycles. The molecule has 9 nitrogen and oxygen atoms in total. The Bertz CT molecular complexity index is 904. The molecule has 0 saturated heterocycles. The summed E-state index contributed by atoms with van der Waals surface area (Å²) in [4.78, 5) is 45.0. The Morgan fingerprint density at radius 1 is 1.28 bits per heavy atom. The Morgan fingerprint density at radius 2 is 1.96 bits per heavy atom. The van der Waals surface area contributed by atoms with Crippen molar-refractivity contribution in [2.75, 3.05) is 0 Å². The predicted molar refractivity (Wildman–Crippen MR) is 85.2 cm³/mol. The van der Waals surface area contributed by atoms with Crippen LogP contribution in [0.15, 0.2) is 33.5 Å². The molecule has 2 N–H and O–H groups in total. The van der Waals surface area contributed by atoms with E-state index in [9.17, 15) is 24.5 Å². The number of primary amides is 1. The highest BCUT2D eigenvalue weighted by atomic mass is 16.6. The zero-order valence-corrected chi connectivity index (χ0v) is 13.4. The van der Waals surface area contributed by atoms with Crippen molar-refractivity contribution in [2.24, 2.45) is 5.73 Å². The van der Waals surface area contributed by atoms with E-state index >= 15 is 0 Å². The second-order valence-electron chi connectivity index (χ2n) is 5.22. The first-order valence-electron chi connectivity index (χ1n) is 7.06. The maximum atomic E-state index is 12.2. The number of carbonyl (C=O) groups excluding carboxylic acids is 2. The Kier molecular flexibility index (Phi) is 4.97. The largest absolute Gasteiger partial charge is 0.457 e. The van der Waals surface area contributed by atoms with Crippen molar-refractivity contribution in [3.05, 3.63) is 72.8 Å². The third-order valence-electron chi connectivity index (χ3n) is 3.46. The first-order chi connectivity index (χ1) is 11.7. The third kappa shape index (κ3) is 3.89. The summed E-state index contributed by atoms with van der Waals surface area (Å²) < 4.78 is 9.94. The number of hydrogen-bond donors (Lipinski definition) is 1. The molecule has 1 heterocycles. The fourth-order valence-electron chi connectivity index (χ4n) is 2.29. The van der Waals surface area contributed by atoms with E-state index in [1.54, 1.807) is 6.92 Å². The Balaban J connectivity index is 2.27. The van der Waals surface area contributed by atoms with E-state index in [1.165, 1.54) is 19.1 Å². The zero-order valence-electron chi connectivity index (χ0n) is 13.4. The molecule has 0 aliphatic heterocycles. The van der Waals surface area contributed by atoms with Crippen LogP contribution in [0, 0.1) is 24.0 Å². The highest BCUT2D eigenvalue weighted by Crippen LogP contribution is 2.22. The highest BCUT2D eigenvalue weighted by Gasteiger charge is 2.20. The van der Waals surface area contributed by atoms with Crippen LogP contribution in [-0.2, 0) is 11.3 Å². The maximum absolute atomic E-state index is 12.2. The van der Waals surface area contributed by atoms with Crippen molar-refractivity contribution in [3.8, 4) is 0 Å². The third-order valence-corrected chi connectivity index (χ3v) is 3.46. The number of esters is 1. The summed E-state index contributed by atoms with van der Waals surface area (Å²) in [5, 5.41) is 11.1. The van der Waals surface area contributed by atoms with Crippen molar-refractivity contribution in [1.82, 2.24) is 0 Å². The fraction of sp³-hybridized carbons (Fsp3) is 0.188. The van der Waals surface area contributed by atoms with Gasteiger partial charge >= 0.3 is 11.6 Å². The Hall–Kier alpha value is -3.49. The fourth-order valence-corrected chi connectivity index (χ4v) is 2.29. The van der Waals surface area contributed by atoms with Gasteiger partial charge < -0.3 is 14.9 Å². The summed E-state index contributed by atoms with van der Waals surface area (Å²) in [5.74, 6) is -1.50. The number of aryl methyl sites for hydroxylation is 2. The number of nitrogens with zero attached hydrogens (tertiary/aromatic N) is 1. The van der Waals surface area contributed by atoms with E-state index in [1.807, 2.05) is 0 Å². The quantitative estimate of drug-likeness (QED) is 0.492. The lowest BCUT2D eigenvalue weighted by Crippen LogP contribution is -2.14. The normalized spacial score (nSPS) is 10.3. The van der Waals surface area contributed by atoms with Crippen LogP contribution in [0.3, 0.4) is 0 Å². The SMILES string of the molecule is Cc1cc(=O)oc(C)c1C(=O)OCc1ccc(C(N)=O)cc1[N+](=O)[O-]. The van der Waals surface area contributed by atoms with E-state index in [0.29, 0.717) is 5.56 Å². The van der Waals surface area contributed by atoms with Crippen molar-refractivity contribution < 1.29 is 23.7 Å². The number of amides is 1. The summed E-state index contributed by atoms with van der Waals surface area (Å²) in [6, 6.07) is 4.75. The van der Waals surface area contributed by atoms with Crippen LogP contribution in [-0.4, -0.2) is 16.8 Å². The molecule has 25 heavy (non-hydrogen) atoms. The highest BCUT2D eigenvalue weighted by molar-refractivity contribution is 5.94. The van der Waals surface area contributed by atoms with Gasteiger partial charge in [-0.1, -0.05) is 0 Å². The molecule has 0 unspecified atom stereocenters. The molecule has 0 aliphatic carbocycles. The van der Waals surface area contributed by atoms with Crippen LogP contribution in [0.2, 0.25) is 0 Å². The number of rotatable bonds is 5.